The van der Waals surface area contributed by atoms with Gasteiger partial charge in [0.1, 0.15) is 0 Å². The summed E-state index contributed by atoms with van der Waals surface area (Å²) < 4.78 is 0. The van der Waals surface area contributed by atoms with Crippen molar-refractivity contribution in [3.63, 3.8) is 0 Å². The van der Waals surface area contributed by atoms with Crippen molar-refractivity contribution in [2.75, 3.05) is 13.1 Å². The zero-order valence-electron chi connectivity index (χ0n) is 13.3. The molecule has 4 heteroatoms. The number of carbonyl (C=O) groups is 1. The van der Waals surface area contributed by atoms with Crippen LogP contribution in [0.5, 0.6) is 0 Å². The predicted molar refractivity (Wildman–Crippen MR) is 87.5 cm³/mol. The molecule has 0 bridgehead atoms. The number of nitrogens with zero attached hydrogens (tertiary/aromatic N) is 2. The van der Waals surface area contributed by atoms with Gasteiger partial charge in [-0.05, 0) is 51.8 Å². The molecule has 0 unspecified atom stereocenters. The second-order valence-electron chi connectivity index (χ2n) is 6.32. The number of halogens is 1. The highest BCUT2D eigenvalue weighted by atomic mass is 35.5. The third kappa shape index (κ3) is 3.78. The first-order valence-electron chi connectivity index (χ1n) is 7.71. The van der Waals surface area contributed by atoms with Crippen molar-refractivity contribution in [3.05, 3.63) is 34.9 Å². The Morgan fingerprint density at radius 2 is 1.81 bits per heavy atom. The molecular formula is C17H25ClN2O. The molecule has 1 atom stereocenters. The molecule has 0 N–H and O–H groups in total. The van der Waals surface area contributed by atoms with Crippen LogP contribution in [0.25, 0.3) is 0 Å². The van der Waals surface area contributed by atoms with Crippen LogP contribution in [0.4, 0.5) is 0 Å². The van der Waals surface area contributed by atoms with Gasteiger partial charge in [0.05, 0.1) is 6.54 Å². The van der Waals surface area contributed by atoms with Gasteiger partial charge in [0.2, 0.25) is 5.91 Å². The van der Waals surface area contributed by atoms with Crippen molar-refractivity contribution in [1.82, 2.24) is 9.80 Å². The Kier molecular flexibility index (Phi) is 5.28. The molecule has 0 aromatic heterocycles. The van der Waals surface area contributed by atoms with Crippen LogP contribution in [-0.4, -0.2) is 40.9 Å². The van der Waals surface area contributed by atoms with Gasteiger partial charge in [-0.25, -0.2) is 0 Å². The topological polar surface area (TPSA) is 23.6 Å². The molecule has 0 aliphatic carbocycles. The van der Waals surface area contributed by atoms with E-state index in [9.17, 15) is 4.79 Å². The van der Waals surface area contributed by atoms with E-state index in [1.165, 1.54) is 5.56 Å². The standard InChI is InChI=1S/C17H25ClN2O/c1-12(2)20(13(3)4)17(21)11-19-10-9-16(19)14-5-7-15(18)8-6-14/h5-8,12-13,16H,9-11H2,1-4H3/t16-/m1/s1. The summed E-state index contributed by atoms with van der Waals surface area (Å²) in [5.74, 6) is 0.221. The van der Waals surface area contributed by atoms with E-state index in [2.05, 4.69) is 44.7 Å². The Bertz CT molecular complexity index is 476. The fraction of sp³-hybridized carbons (Fsp3) is 0.588. The van der Waals surface area contributed by atoms with Gasteiger partial charge in [-0.15, -0.1) is 0 Å². The average molecular weight is 309 g/mol. The van der Waals surface area contributed by atoms with Gasteiger partial charge in [0.25, 0.3) is 0 Å². The van der Waals surface area contributed by atoms with Crippen LogP contribution >= 0.6 is 11.6 Å². The SMILES string of the molecule is CC(C)N(C(=O)CN1CC[C@@H]1c1ccc(Cl)cc1)C(C)C. The third-order valence-electron chi connectivity index (χ3n) is 4.12. The van der Waals surface area contributed by atoms with Crippen LogP contribution in [0.1, 0.15) is 45.7 Å². The Hall–Kier alpha value is -1.06. The summed E-state index contributed by atoms with van der Waals surface area (Å²) in [6.45, 7) is 9.79. The van der Waals surface area contributed by atoms with Crippen molar-refractivity contribution in [1.29, 1.82) is 0 Å². The summed E-state index contributed by atoms with van der Waals surface area (Å²) in [5.41, 5.74) is 1.25. The molecule has 0 saturated carbocycles. The lowest BCUT2D eigenvalue weighted by molar-refractivity contribution is -0.138. The first kappa shape index (κ1) is 16.3. The van der Waals surface area contributed by atoms with Crippen molar-refractivity contribution >= 4 is 17.5 Å². The molecule has 0 spiro atoms. The van der Waals surface area contributed by atoms with E-state index in [0.717, 1.165) is 18.0 Å². The third-order valence-corrected chi connectivity index (χ3v) is 4.38. The maximum absolute atomic E-state index is 12.5. The molecule has 1 aromatic rings. The zero-order valence-corrected chi connectivity index (χ0v) is 14.1. The molecule has 116 valence electrons. The van der Waals surface area contributed by atoms with E-state index in [0.29, 0.717) is 12.6 Å². The van der Waals surface area contributed by atoms with Gasteiger partial charge >= 0.3 is 0 Å². The minimum atomic E-state index is 0.221. The first-order valence-corrected chi connectivity index (χ1v) is 8.08. The Labute approximate surface area is 132 Å². The Morgan fingerprint density at radius 3 is 2.24 bits per heavy atom. The summed E-state index contributed by atoms with van der Waals surface area (Å²) in [7, 11) is 0. The molecule has 1 aliphatic heterocycles. The second kappa shape index (κ2) is 6.80. The monoisotopic (exact) mass is 308 g/mol. The number of amides is 1. The minimum absolute atomic E-state index is 0.221. The number of hydrogen-bond acceptors (Lipinski definition) is 2. The van der Waals surface area contributed by atoms with Crippen molar-refractivity contribution in [3.8, 4) is 0 Å². The van der Waals surface area contributed by atoms with Gasteiger partial charge < -0.3 is 4.90 Å². The highest BCUT2D eigenvalue weighted by Crippen LogP contribution is 2.33. The molecule has 1 fully saturated rings. The van der Waals surface area contributed by atoms with Crippen LogP contribution in [-0.2, 0) is 4.79 Å². The van der Waals surface area contributed by atoms with E-state index in [-0.39, 0.29) is 18.0 Å². The summed E-state index contributed by atoms with van der Waals surface area (Å²) in [5, 5.41) is 0.756. The average Bonchev–Trinajstić information content (AvgIpc) is 2.36. The summed E-state index contributed by atoms with van der Waals surface area (Å²) in [6, 6.07) is 8.81. The molecular weight excluding hydrogens is 284 g/mol. The molecule has 1 aromatic carbocycles. The van der Waals surface area contributed by atoms with Gasteiger partial charge in [-0.3, -0.25) is 9.69 Å². The molecule has 1 aliphatic rings. The van der Waals surface area contributed by atoms with Crippen molar-refractivity contribution < 1.29 is 4.79 Å². The maximum Gasteiger partial charge on any atom is 0.237 e. The van der Waals surface area contributed by atoms with Crippen molar-refractivity contribution in [2.24, 2.45) is 0 Å². The van der Waals surface area contributed by atoms with E-state index in [4.69, 9.17) is 11.6 Å². The lowest BCUT2D eigenvalue weighted by Crippen LogP contribution is -2.51. The summed E-state index contributed by atoms with van der Waals surface area (Å²) in [6.07, 6.45) is 1.11. The number of carbonyl (C=O) groups excluding carboxylic acids is 1. The molecule has 1 heterocycles. The number of rotatable bonds is 5. The fourth-order valence-electron chi connectivity index (χ4n) is 3.12. The smallest absolute Gasteiger partial charge is 0.237 e. The van der Waals surface area contributed by atoms with Crippen molar-refractivity contribution in [2.45, 2.75) is 52.2 Å². The molecule has 1 amide bonds. The molecule has 21 heavy (non-hydrogen) atoms. The van der Waals surface area contributed by atoms with Gasteiger partial charge in [-0.1, -0.05) is 23.7 Å². The number of benzene rings is 1. The van der Waals surface area contributed by atoms with Crippen LogP contribution in [0.2, 0.25) is 5.02 Å². The molecule has 1 saturated heterocycles. The molecule has 0 radical (unpaired) electrons. The lowest BCUT2D eigenvalue weighted by Gasteiger charge is -2.42. The van der Waals surface area contributed by atoms with Gasteiger partial charge in [0.15, 0.2) is 0 Å². The zero-order chi connectivity index (χ0) is 15.6. The van der Waals surface area contributed by atoms with E-state index in [1.54, 1.807) is 0 Å². The second-order valence-corrected chi connectivity index (χ2v) is 6.75. The Morgan fingerprint density at radius 1 is 1.24 bits per heavy atom. The normalized spacial score (nSPS) is 18.9. The van der Waals surface area contributed by atoms with E-state index in [1.807, 2.05) is 17.0 Å². The van der Waals surface area contributed by atoms with Crippen LogP contribution in [0.15, 0.2) is 24.3 Å². The Balaban J connectivity index is 2.00. The fourth-order valence-corrected chi connectivity index (χ4v) is 3.25. The van der Waals surface area contributed by atoms with Gasteiger partial charge in [-0.2, -0.15) is 0 Å². The van der Waals surface area contributed by atoms with E-state index < -0.39 is 0 Å². The first-order chi connectivity index (χ1) is 9.90. The molecule has 2 rings (SSSR count). The number of likely N-dealkylation sites (tertiary alicyclic amines) is 1. The summed E-state index contributed by atoms with van der Waals surface area (Å²) >= 11 is 5.94. The molecule has 3 nitrogen and oxygen atoms in total. The van der Waals surface area contributed by atoms with Gasteiger partial charge in [0, 0.05) is 29.7 Å². The number of hydrogen-bond donors (Lipinski definition) is 0. The largest absolute Gasteiger partial charge is 0.337 e. The highest BCUT2D eigenvalue weighted by Gasteiger charge is 2.32. The quantitative estimate of drug-likeness (QED) is 0.827. The highest BCUT2D eigenvalue weighted by molar-refractivity contribution is 6.30. The van der Waals surface area contributed by atoms with E-state index >= 15 is 0 Å². The summed E-state index contributed by atoms with van der Waals surface area (Å²) in [4.78, 5) is 16.7. The van der Waals surface area contributed by atoms with Crippen LogP contribution in [0.3, 0.4) is 0 Å². The minimum Gasteiger partial charge on any atom is -0.337 e. The predicted octanol–water partition coefficient (Wildman–Crippen LogP) is 3.73. The lowest BCUT2D eigenvalue weighted by atomic mass is 9.94. The maximum atomic E-state index is 12.5. The van der Waals surface area contributed by atoms with Crippen LogP contribution in [0, 0.1) is 0 Å². The van der Waals surface area contributed by atoms with Crippen LogP contribution < -0.4 is 0 Å².